The molecule has 1 aromatic carbocycles. The van der Waals surface area contributed by atoms with Gasteiger partial charge in [-0.05, 0) is 49.9 Å². The van der Waals surface area contributed by atoms with E-state index in [1.165, 1.54) is 24.9 Å². The van der Waals surface area contributed by atoms with Gasteiger partial charge in [0.2, 0.25) is 0 Å². The summed E-state index contributed by atoms with van der Waals surface area (Å²) in [5.41, 5.74) is 1.32. The summed E-state index contributed by atoms with van der Waals surface area (Å²) >= 11 is 6.08. The molecule has 0 bridgehead atoms. The summed E-state index contributed by atoms with van der Waals surface area (Å²) in [6.07, 6.45) is 2.45. The summed E-state index contributed by atoms with van der Waals surface area (Å²) in [6, 6.07) is 9.52. The first-order chi connectivity index (χ1) is 9.61. The SMILES string of the molecule is CCCNC1CCN(Cc2cccc(Cl)c2)C(C)C1C. The Hall–Kier alpha value is -0.570. The molecule has 112 valence electrons. The lowest BCUT2D eigenvalue weighted by molar-refractivity contribution is 0.0785. The fraction of sp³-hybridized carbons (Fsp3) is 0.647. The summed E-state index contributed by atoms with van der Waals surface area (Å²) in [4.78, 5) is 2.58. The number of hydrogen-bond donors (Lipinski definition) is 1. The minimum absolute atomic E-state index is 0.608. The topological polar surface area (TPSA) is 15.3 Å². The Morgan fingerprint density at radius 3 is 2.85 bits per heavy atom. The first-order valence-corrected chi connectivity index (χ1v) is 8.21. The van der Waals surface area contributed by atoms with Crippen molar-refractivity contribution in [3.05, 3.63) is 34.9 Å². The van der Waals surface area contributed by atoms with Gasteiger partial charge in [-0.3, -0.25) is 4.90 Å². The van der Waals surface area contributed by atoms with Crippen LogP contribution in [0.5, 0.6) is 0 Å². The molecule has 1 aliphatic heterocycles. The van der Waals surface area contributed by atoms with Crippen LogP contribution >= 0.6 is 11.6 Å². The van der Waals surface area contributed by atoms with Crippen LogP contribution in [0.4, 0.5) is 0 Å². The van der Waals surface area contributed by atoms with E-state index in [1.54, 1.807) is 0 Å². The Morgan fingerprint density at radius 1 is 1.35 bits per heavy atom. The number of nitrogens with one attached hydrogen (secondary N) is 1. The molecule has 0 aliphatic carbocycles. The van der Waals surface area contributed by atoms with E-state index < -0.39 is 0 Å². The summed E-state index contributed by atoms with van der Waals surface area (Å²) in [6.45, 7) is 10.3. The lowest BCUT2D eigenvalue weighted by atomic mass is 9.86. The van der Waals surface area contributed by atoms with E-state index in [4.69, 9.17) is 11.6 Å². The van der Waals surface area contributed by atoms with Crippen LogP contribution in [-0.2, 0) is 6.54 Å². The second-order valence-corrected chi connectivity index (χ2v) is 6.49. The van der Waals surface area contributed by atoms with Crippen molar-refractivity contribution in [3.8, 4) is 0 Å². The zero-order chi connectivity index (χ0) is 14.5. The Balaban J connectivity index is 1.94. The summed E-state index contributed by atoms with van der Waals surface area (Å²) in [5.74, 6) is 0.689. The number of likely N-dealkylation sites (tertiary alicyclic amines) is 1. The Kier molecular flexibility index (Phi) is 5.88. The van der Waals surface area contributed by atoms with E-state index in [-0.39, 0.29) is 0 Å². The summed E-state index contributed by atoms with van der Waals surface area (Å²) < 4.78 is 0. The van der Waals surface area contributed by atoms with Crippen molar-refractivity contribution in [3.63, 3.8) is 0 Å². The highest BCUT2D eigenvalue weighted by Crippen LogP contribution is 2.25. The highest BCUT2D eigenvalue weighted by atomic mass is 35.5. The van der Waals surface area contributed by atoms with Crippen molar-refractivity contribution in [2.75, 3.05) is 13.1 Å². The average molecular weight is 295 g/mol. The minimum Gasteiger partial charge on any atom is -0.314 e. The molecule has 1 aliphatic rings. The van der Waals surface area contributed by atoms with E-state index in [2.05, 4.69) is 43.1 Å². The standard InChI is InChI=1S/C17H27ClN2/c1-4-9-19-17-8-10-20(14(3)13(17)2)12-15-6-5-7-16(18)11-15/h5-7,11,13-14,17,19H,4,8-10,12H2,1-3H3. The molecule has 3 unspecified atom stereocenters. The van der Waals surface area contributed by atoms with Crippen molar-refractivity contribution < 1.29 is 0 Å². The Bertz CT molecular complexity index is 421. The second-order valence-electron chi connectivity index (χ2n) is 6.05. The maximum absolute atomic E-state index is 6.08. The fourth-order valence-corrected chi connectivity index (χ4v) is 3.36. The molecule has 2 nitrogen and oxygen atoms in total. The zero-order valence-corrected chi connectivity index (χ0v) is 13.7. The van der Waals surface area contributed by atoms with E-state index in [1.807, 2.05) is 12.1 Å². The van der Waals surface area contributed by atoms with Gasteiger partial charge < -0.3 is 5.32 Å². The number of hydrogen-bond acceptors (Lipinski definition) is 2. The van der Waals surface area contributed by atoms with Gasteiger partial charge in [-0.15, -0.1) is 0 Å². The van der Waals surface area contributed by atoms with Crippen LogP contribution in [0.1, 0.15) is 39.2 Å². The van der Waals surface area contributed by atoms with Crippen molar-refractivity contribution in [2.45, 2.75) is 52.2 Å². The van der Waals surface area contributed by atoms with Crippen molar-refractivity contribution in [1.29, 1.82) is 0 Å². The molecule has 0 aromatic heterocycles. The van der Waals surface area contributed by atoms with Gasteiger partial charge in [-0.2, -0.15) is 0 Å². The molecular formula is C17H27ClN2. The van der Waals surface area contributed by atoms with Crippen LogP contribution < -0.4 is 5.32 Å². The smallest absolute Gasteiger partial charge is 0.0409 e. The highest BCUT2D eigenvalue weighted by Gasteiger charge is 2.31. The molecule has 0 spiro atoms. The quantitative estimate of drug-likeness (QED) is 0.885. The van der Waals surface area contributed by atoms with Crippen LogP contribution in [0.15, 0.2) is 24.3 Å². The number of halogens is 1. The van der Waals surface area contributed by atoms with Gasteiger partial charge in [0.25, 0.3) is 0 Å². The van der Waals surface area contributed by atoms with E-state index in [9.17, 15) is 0 Å². The highest BCUT2D eigenvalue weighted by molar-refractivity contribution is 6.30. The lowest BCUT2D eigenvalue weighted by Crippen LogP contribution is -2.53. The predicted molar refractivity (Wildman–Crippen MR) is 87.2 cm³/mol. The molecule has 0 radical (unpaired) electrons. The molecule has 3 heteroatoms. The van der Waals surface area contributed by atoms with Gasteiger partial charge in [-0.25, -0.2) is 0 Å². The van der Waals surface area contributed by atoms with Gasteiger partial charge in [0.15, 0.2) is 0 Å². The molecular weight excluding hydrogens is 268 g/mol. The Morgan fingerprint density at radius 2 is 2.15 bits per heavy atom. The minimum atomic E-state index is 0.608. The molecule has 0 saturated carbocycles. The van der Waals surface area contributed by atoms with Crippen molar-refractivity contribution >= 4 is 11.6 Å². The molecule has 1 aromatic rings. The van der Waals surface area contributed by atoms with Crippen LogP contribution in [-0.4, -0.2) is 30.1 Å². The molecule has 1 N–H and O–H groups in total. The van der Waals surface area contributed by atoms with E-state index in [0.29, 0.717) is 18.0 Å². The molecule has 1 heterocycles. The number of benzene rings is 1. The largest absolute Gasteiger partial charge is 0.314 e. The maximum Gasteiger partial charge on any atom is 0.0409 e. The third-order valence-electron chi connectivity index (χ3n) is 4.63. The number of rotatable bonds is 5. The van der Waals surface area contributed by atoms with Gasteiger partial charge in [0.05, 0.1) is 0 Å². The van der Waals surface area contributed by atoms with Crippen molar-refractivity contribution in [2.24, 2.45) is 5.92 Å². The molecule has 1 saturated heterocycles. The van der Waals surface area contributed by atoms with E-state index in [0.717, 1.165) is 18.1 Å². The van der Waals surface area contributed by atoms with Crippen molar-refractivity contribution in [1.82, 2.24) is 10.2 Å². The first-order valence-electron chi connectivity index (χ1n) is 7.83. The van der Waals surface area contributed by atoms with Gasteiger partial charge >= 0.3 is 0 Å². The zero-order valence-electron chi connectivity index (χ0n) is 12.9. The van der Waals surface area contributed by atoms with Gasteiger partial charge in [0, 0.05) is 30.2 Å². The van der Waals surface area contributed by atoms with Crippen LogP contribution in [0.3, 0.4) is 0 Å². The molecule has 1 fully saturated rings. The average Bonchev–Trinajstić information content (AvgIpc) is 2.43. The predicted octanol–water partition coefficient (Wildman–Crippen LogP) is 3.94. The normalized spacial score (nSPS) is 27.7. The number of piperidine rings is 1. The monoisotopic (exact) mass is 294 g/mol. The van der Waals surface area contributed by atoms with Crippen LogP contribution in [0, 0.1) is 5.92 Å². The lowest BCUT2D eigenvalue weighted by Gasteiger charge is -2.43. The van der Waals surface area contributed by atoms with Crippen LogP contribution in [0.25, 0.3) is 0 Å². The fourth-order valence-electron chi connectivity index (χ4n) is 3.15. The molecule has 3 atom stereocenters. The number of nitrogens with zero attached hydrogens (tertiary/aromatic N) is 1. The molecule has 2 rings (SSSR count). The summed E-state index contributed by atoms with van der Waals surface area (Å²) in [5, 5.41) is 4.53. The van der Waals surface area contributed by atoms with Gasteiger partial charge in [0.1, 0.15) is 0 Å². The molecule has 0 amide bonds. The van der Waals surface area contributed by atoms with Crippen LogP contribution in [0.2, 0.25) is 5.02 Å². The third kappa shape index (κ3) is 3.97. The summed E-state index contributed by atoms with van der Waals surface area (Å²) in [7, 11) is 0. The first kappa shape index (κ1) is 15.8. The van der Waals surface area contributed by atoms with Gasteiger partial charge in [-0.1, -0.05) is 37.6 Å². The molecule has 20 heavy (non-hydrogen) atoms. The van der Waals surface area contributed by atoms with E-state index >= 15 is 0 Å². The maximum atomic E-state index is 6.08. The third-order valence-corrected chi connectivity index (χ3v) is 4.87. The Labute approximate surface area is 128 Å². The second kappa shape index (κ2) is 7.44.